The van der Waals surface area contributed by atoms with E-state index in [2.05, 4.69) is 12.2 Å². The third kappa shape index (κ3) is 3.81. The molecule has 0 saturated heterocycles. The van der Waals surface area contributed by atoms with Crippen LogP contribution in [0.4, 0.5) is 4.39 Å². The van der Waals surface area contributed by atoms with E-state index in [9.17, 15) is 4.39 Å². The van der Waals surface area contributed by atoms with Gasteiger partial charge in [0.2, 0.25) is 0 Å². The molecule has 0 fully saturated rings. The molecule has 2 aromatic rings. The second-order valence-corrected chi connectivity index (χ2v) is 4.70. The van der Waals surface area contributed by atoms with E-state index in [1.165, 1.54) is 6.07 Å². The van der Waals surface area contributed by atoms with Gasteiger partial charge in [0.05, 0.1) is 6.61 Å². The maximum absolute atomic E-state index is 13.1. The van der Waals surface area contributed by atoms with E-state index in [0.29, 0.717) is 13.2 Å². The second kappa shape index (κ2) is 7.06. The lowest BCUT2D eigenvalue weighted by Crippen LogP contribution is -2.19. The molecule has 0 bridgehead atoms. The van der Waals surface area contributed by atoms with E-state index in [4.69, 9.17) is 4.74 Å². The Morgan fingerprint density at radius 3 is 2.70 bits per heavy atom. The highest BCUT2D eigenvalue weighted by Gasteiger charge is 2.10. The Labute approximate surface area is 119 Å². The van der Waals surface area contributed by atoms with Gasteiger partial charge in [0.25, 0.3) is 0 Å². The summed E-state index contributed by atoms with van der Waals surface area (Å²) in [6, 6.07) is 14.8. The minimum atomic E-state index is -0.202. The van der Waals surface area contributed by atoms with Crippen molar-refractivity contribution in [2.75, 3.05) is 6.61 Å². The van der Waals surface area contributed by atoms with Gasteiger partial charge in [-0.15, -0.1) is 0 Å². The van der Waals surface area contributed by atoms with Crippen LogP contribution < -0.4 is 10.1 Å². The molecule has 0 saturated carbocycles. The zero-order chi connectivity index (χ0) is 14.4. The van der Waals surface area contributed by atoms with Gasteiger partial charge in [-0.3, -0.25) is 0 Å². The maximum atomic E-state index is 13.1. The normalized spacial score (nSPS) is 12.2. The predicted molar refractivity (Wildman–Crippen MR) is 79.3 cm³/mol. The molecule has 2 nitrogen and oxygen atoms in total. The highest BCUT2D eigenvalue weighted by atomic mass is 19.1. The molecular weight excluding hydrogens is 253 g/mol. The molecule has 1 atom stereocenters. The zero-order valence-electron chi connectivity index (χ0n) is 11.9. The minimum Gasteiger partial charge on any atom is -0.494 e. The van der Waals surface area contributed by atoms with Gasteiger partial charge in [-0.1, -0.05) is 30.3 Å². The second-order valence-electron chi connectivity index (χ2n) is 4.70. The van der Waals surface area contributed by atoms with Crippen LogP contribution in [-0.4, -0.2) is 6.61 Å². The Morgan fingerprint density at radius 2 is 1.95 bits per heavy atom. The molecule has 0 spiro atoms. The molecule has 0 heterocycles. The molecule has 1 N–H and O–H groups in total. The van der Waals surface area contributed by atoms with Gasteiger partial charge >= 0.3 is 0 Å². The van der Waals surface area contributed by atoms with Gasteiger partial charge in [0.15, 0.2) is 0 Å². The molecule has 2 rings (SSSR count). The third-order valence-corrected chi connectivity index (χ3v) is 3.19. The van der Waals surface area contributed by atoms with Gasteiger partial charge in [-0.2, -0.15) is 0 Å². The molecule has 106 valence electrons. The summed E-state index contributed by atoms with van der Waals surface area (Å²) >= 11 is 0. The Morgan fingerprint density at radius 1 is 1.15 bits per heavy atom. The number of ether oxygens (including phenoxy) is 1. The fraction of sp³-hybridized carbons (Fsp3) is 0.294. The van der Waals surface area contributed by atoms with Crippen molar-refractivity contribution in [2.24, 2.45) is 0 Å². The topological polar surface area (TPSA) is 21.3 Å². The Balaban J connectivity index is 2.03. The Bertz CT molecular complexity index is 556. The summed E-state index contributed by atoms with van der Waals surface area (Å²) in [7, 11) is 0. The van der Waals surface area contributed by atoms with Gasteiger partial charge in [-0.05, 0) is 37.6 Å². The Kier molecular flexibility index (Phi) is 5.13. The van der Waals surface area contributed by atoms with Crippen molar-refractivity contribution < 1.29 is 9.13 Å². The highest BCUT2D eigenvalue weighted by molar-refractivity contribution is 5.35. The lowest BCUT2D eigenvalue weighted by Gasteiger charge is -2.18. The van der Waals surface area contributed by atoms with Crippen LogP contribution in [-0.2, 0) is 6.54 Å². The summed E-state index contributed by atoms with van der Waals surface area (Å²) in [5.41, 5.74) is 2.05. The molecule has 0 aliphatic rings. The molecule has 2 aromatic carbocycles. The molecule has 1 unspecified atom stereocenters. The number of nitrogens with one attached hydrogen (secondary N) is 1. The molecule has 20 heavy (non-hydrogen) atoms. The summed E-state index contributed by atoms with van der Waals surface area (Å²) in [4.78, 5) is 0. The molecule has 3 heteroatoms. The van der Waals surface area contributed by atoms with E-state index >= 15 is 0 Å². The summed E-state index contributed by atoms with van der Waals surface area (Å²) in [6.45, 7) is 5.33. The average Bonchev–Trinajstić information content (AvgIpc) is 2.46. The van der Waals surface area contributed by atoms with Crippen molar-refractivity contribution in [3.63, 3.8) is 0 Å². The molecular formula is C17H20FNO. The van der Waals surface area contributed by atoms with Crippen LogP contribution in [0.3, 0.4) is 0 Å². The number of rotatable bonds is 6. The molecule has 0 aromatic heterocycles. The summed E-state index contributed by atoms with van der Waals surface area (Å²) in [6.07, 6.45) is 0. The van der Waals surface area contributed by atoms with Gasteiger partial charge in [-0.25, -0.2) is 4.39 Å². The monoisotopic (exact) mass is 273 g/mol. The van der Waals surface area contributed by atoms with Crippen LogP contribution in [0.1, 0.15) is 31.0 Å². The minimum absolute atomic E-state index is 0.140. The van der Waals surface area contributed by atoms with Gasteiger partial charge in [0, 0.05) is 18.2 Å². The van der Waals surface area contributed by atoms with Crippen molar-refractivity contribution >= 4 is 0 Å². The largest absolute Gasteiger partial charge is 0.494 e. The number of hydrogen-bond acceptors (Lipinski definition) is 2. The predicted octanol–water partition coefficient (Wildman–Crippen LogP) is 4.08. The Hall–Kier alpha value is -1.87. The fourth-order valence-electron chi connectivity index (χ4n) is 2.15. The number of halogens is 1. The molecule has 0 aliphatic carbocycles. The fourth-order valence-corrected chi connectivity index (χ4v) is 2.15. The lowest BCUT2D eigenvalue weighted by molar-refractivity contribution is 0.332. The number of hydrogen-bond donors (Lipinski definition) is 1. The summed E-state index contributed by atoms with van der Waals surface area (Å²) in [5, 5.41) is 3.39. The van der Waals surface area contributed by atoms with Crippen molar-refractivity contribution in [1.29, 1.82) is 0 Å². The number of benzene rings is 2. The van der Waals surface area contributed by atoms with Crippen molar-refractivity contribution in [2.45, 2.75) is 26.4 Å². The third-order valence-electron chi connectivity index (χ3n) is 3.19. The SMILES string of the molecule is CCOc1ccccc1C(C)NCc1cccc(F)c1. The van der Waals surface area contributed by atoms with E-state index in [0.717, 1.165) is 16.9 Å². The van der Waals surface area contributed by atoms with E-state index in [1.54, 1.807) is 12.1 Å². The van der Waals surface area contributed by atoms with Crippen molar-refractivity contribution in [3.8, 4) is 5.75 Å². The van der Waals surface area contributed by atoms with Crippen molar-refractivity contribution in [1.82, 2.24) is 5.32 Å². The van der Waals surface area contributed by atoms with Crippen LogP contribution in [0, 0.1) is 5.82 Å². The number of para-hydroxylation sites is 1. The molecule has 0 radical (unpaired) electrons. The zero-order valence-corrected chi connectivity index (χ0v) is 11.9. The van der Waals surface area contributed by atoms with Gasteiger partial charge in [0.1, 0.15) is 11.6 Å². The summed E-state index contributed by atoms with van der Waals surface area (Å²) in [5.74, 6) is 0.695. The van der Waals surface area contributed by atoms with E-state index in [-0.39, 0.29) is 11.9 Å². The highest BCUT2D eigenvalue weighted by Crippen LogP contribution is 2.25. The first-order chi connectivity index (χ1) is 9.70. The summed E-state index contributed by atoms with van der Waals surface area (Å²) < 4.78 is 18.8. The van der Waals surface area contributed by atoms with Crippen LogP contribution >= 0.6 is 0 Å². The van der Waals surface area contributed by atoms with Crippen LogP contribution in [0.25, 0.3) is 0 Å². The molecule has 0 aliphatic heterocycles. The maximum Gasteiger partial charge on any atom is 0.124 e. The first-order valence-corrected chi connectivity index (χ1v) is 6.90. The first-order valence-electron chi connectivity index (χ1n) is 6.90. The average molecular weight is 273 g/mol. The standard InChI is InChI=1S/C17H20FNO/c1-3-20-17-10-5-4-9-16(17)13(2)19-12-14-7-6-8-15(18)11-14/h4-11,13,19H,3,12H2,1-2H3. The van der Waals surface area contributed by atoms with Crippen LogP contribution in [0.5, 0.6) is 5.75 Å². The van der Waals surface area contributed by atoms with E-state index in [1.807, 2.05) is 37.3 Å². The quantitative estimate of drug-likeness (QED) is 0.856. The van der Waals surface area contributed by atoms with Crippen LogP contribution in [0.2, 0.25) is 0 Å². The van der Waals surface area contributed by atoms with Crippen molar-refractivity contribution in [3.05, 3.63) is 65.5 Å². The van der Waals surface area contributed by atoms with Gasteiger partial charge < -0.3 is 10.1 Å². The van der Waals surface area contributed by atoms with Crippen LogP contribution in [0.15, 0.2) is 48.5 Å². The lowest BCUT2D eigenvalue weighted by atomic mass is 10.1. The van der Waals surface area contributed by atoms with E-state index < -0.39 is 0 Å². The first kappa shape index (κ1) is 14.5. The molecule has 0 amide bonds. The smallest absolute Gasteiger partial charge is 0.124 e.